The number of aromatic nitrogens is 3. The maximum absolute atomic E-state index is 14.1. The van der Waals surface area contributed by atoms with Crippen LogP contribution in [0.3, 0.4) is 0 Å². The van der Waals surface area contributed by atoms with Gasteiger partial charge in [0.25, 0.3) is 0 Å². The predicted molar refractivity (Wildman–Crippen MR) is 163 cm³/mol. The third-order valence-electron chi connectivity index (χ3n) is 8.73. The number of hydrogen-bond donors (Lipinski definition) is 2. The molecule has 2 N–H and O–H groups in total. The molecule has 4 unspecified atom stereocenters. The molecule has 2 aliphatic rings. The Labute approximate surface area is 252 Å². The zero-order valence-corrected chi connectivity index (χ0v) is 25.5. The molecule has 2 saturated heterocycles. The van der Waals surface area contributed by atoms with Gasteiger partial charge in [0.2, 0.25) is 11.8 Å². The van der Waals surface area contributed by atoms with Crippen LogP contribution in [0.25, 0.3) is 10.9 Å². The molecular weight excluding hydrogens is 554 g/mol. The second-order valence-electron chi connectivity index (χ2n) is 11.9. The minimum absolute atomic E-state index is 0.0639. The van der Waals surface area contributed by atoms with Crippen molar-refractivity contribution in [2.45, 2.75) is 63.4 Å². The summed E-state index contributed by atoms with van der Waals surface area (Å²) in [6, 6.07) is 8.80. The molecule has 0 aliphatic carbocycles. The monoisotopic (exact) mass is 595 g/mol. The van der Waals surface area contributed by atoms with Gasteiger partial charge >= 0.3 is 0 Å². The fourth-order valence-corrected chi connectivity index (χ4v) is 6.69. The van der Waals surface area contributed by atoms with Crippen LogP contribution in [-0.4, -0.2) is 98.4 Å². The third kappa shape index (κ3) is 6.94. The van der Waals surface area contributed by atoms with Gasteiger partial charge in [-0.15, -0.1) is 0 Å². The van der Waals surface area contributed by atoms with E-state index >= 15 is 0 Å². The Kier molecular flexibility index (Phi) is 9.77. The lowest BCUT2D eigenvalue weighted by molar-refractivity contribution is -0.142. The Bertz CT molecular complexity index is 1380. The molecule has 11 heteroatoms. The van der Waals surface area contributed by atoms with E-state index in [-0.39, 0.29) is 17.7 Å². The van der Waals surface area contributed by atoms with E-state index < -0.39 is 18.3 Å². The molecule has 42 heavy (non-hydrogen) atoms. The largest absolute Gasteiger partial charge is 0.378 e. The Morgan fingerprint density at radius 3 is 2.67 bits per heavy atom. The fraction of sp³-hybridized carbons (Fsp3) is 0.548. The number of hydrogen-bond acceptors (Lipinski definition) is 7. The minimum atomic E-state index is -0.573. The van der Waals surface area contributed by atoms with Gasteiger partial charge in [0, 0.05) is 51.0 Å². The highest BCUT2D eigenvalue weighted by molar-refractivity contribution is 6.34. The number of aliphatic hydroxyl groups is 1. The number of amides is 2. The van der Waals surface area contributed by atoms with Crippen LogP contribution >= 0.6 is 11.6 Å². The van der Waals surface area contributed by atoms with Gasteiger partial charge in [0.15, 0.2) is 5.15 Å². The topological polar surface area (TPSA) is 107 Å². The number of benzene rings is 1. The Morgan fingerprint density at radius 1 is 1.17 bits per heavy atom. The molecule has 2 fully saturated rings. The fourth-order valence-electron chi connectivity index (χ4n) is 6.43. The number of halogens is 1. The van der Waals surface area contributed by atoms with Gasteiger partial charge in [-0.3, -0.25) is 29.1 Å². The zero-order chi connectivity index (χ0) is 29.8. The van der Waals surface area contributed by atoms with E-state index in [1.807, 2.05) is 62.6 Å². The van der Waals surface area contributed by atoms with Crippen molar-refractivity contribution in [3.8, 4) is 0 Å². The molecule has 0 bridgehead atoms. The first kappa shape index (κ1) is 30.4. The average Bonchev–Trinajstić information content (AvgIpc) is 3.72. The van der Waals surface area contributed by atoms with Crippen LogP contribution in [0.4, 0.5) is 0 Å². The quantitative estimate of drug-likeness (QED) is 0.351. The van der Waals surface area contributed by atoms with Gasteiger partial charge in [-0.2, -0.15) is 5.10 Å². The molecule has 10 nitrogen and oxygen atoms in total. The number of rotatable bonds is 11. The lowest BCUT2D eigenvalue weighted by Crippen LogP contribution is -2.52. The number of carbonyl (C=O) groups is 2. The van der Waals surface area contributed by atoms with Gasteiger partial charge in [-0.25, -0.2) is 0 Å². The third-order valence-corrected chi connectivity index (χ3v) is 9.01. The van der Waals surface area contributed by atoms with Crippen molar-refractivity contribution in [3.63, 3.8) is 0 Å². The van der Waals surface area contributed by atoms with Crippen molar-refractivity contribution in [3.05, 3.63) is 59.0 Å². The molecule has 0 saturated carbocycles. The molecule has 4 atom stereocenters. The van der Waals surface area contributed by atoms with E-state index in [1.54, 1.807) is 15.8 Å². The summed E-state index contributed by atoms with van der Waals surface area (Å²) >= 11 is 6.30. The average molecular weight is 596 g/mol. The SMILES string of the molecule is CN(C)C(CCC(O)N1CCCC1)C(=O)N1CC(Cc2cccnc2)CC1C(=O)NCc1ccc2c(c1)c(Cl)nn2C. The summed E-state index contributed by atoms with van der Waals surface area (Å²) in [6.07, 6.45) is 7.60. The summed E-state index contributed by atoms with van der Waals surface area (Å²) in [5, 5.41) is 19.3. The molecule has 0 radical (unpaired) electrons. The molecule has 4 heterocycles. The van der Waals surface area contributed by atoms with E-state index in [2.05, 4.69) is 20.3 Å². The first-order valence-corrected chi connectivity index (χ1v) is 15.3. The smallest absolute Gasteiger partial charge is 0.243 e. The minimum Gasteiger partial charge on any atom is -0.378 e. The molecule has 226 valence electrons. The van der Waals surface area contributed by atoms with Gasteiger partial charge in [0.1, 0.15) is 12.3 Å². The summed E-state index contributed by atoms with van der Waals surface area (Å²) in [6.45, 7) is 2.62. The van der Waals surface area contributed by atoms with E-state index in [4.69, 9.17) is 11.6 Å². The highest BCUT2D eigenvalue weighted by atomic mass is 35.5. The Morgan fingerprint density at radius 2 is 1.95 bits per heavy atom. The van der Waals surface area contributed by atoms with Crippen LogP contribution in [-0.2, 0) is 29.6 Å². The van der Waals surface area contributed by atoms with Crippen LogP contribution in [0.2, 0.25) is 5.15 Å². The predicted octanol–water partition coefficient (Wildman–Crippen LogP) is 2.82. The molecule has 0 spiro atoms. The molecule has 1 aromatic carbocycles. The zero-order valence-electron chi connectivity index (χ0n) is 24.7. The highest BCUT2D eigenvalue weighted by Crippen LogP contribution is 2.29. The van der Waals surface area contributed by atoms with E-state index in [1.165, 1.54) is 0 Å². The van der Waals surface area contributed by atoms with Crippen LogP contribution in [0, 0.1) is 5.92 Å². The summed E-state index contributed by atoms with van der Waals surface area (Å²) in [4.78, 5) is 37.8. The lowest BCUT2D eigenvalue weighted by Gasteiger charge is -2.32. The first-order valence-electron chi connectivity index (χ1n) is 14.9. The number of aliphatic hydroxyl groups excluding tert-OH is 1. The van der Waals surface area contributed by atoms with Gasteiger partial charge < -0.3 is 15.3 Å². The maximum atomic E-state index is 14.1. The summed E-state index contributed by atoms with van der Waals surface area (Å²) in [7, 11) is 5.63. The van der Waals surface area contributed by atoms with Gasteiger partial charge in [-0.1, -0.05) is 23.7 Å². The van der Waals surface area contributed by atoms with Crippen molar-refractivity contribution in [2.24, 2.45) is 13.0 Å². The van der Waals surface area contributed by atoms with Gasteiger partial charge in [0.05, 0.1) is 11.6 Å². The van der Waals surface area contributed by atoms with Crippen molar-refractivity contribution in [2.75, 3.05) is 33.7 Å². The lowest BCUT2D eigenvalue weighted by atomic mass is 9.97. The van der Waals surface area contributed by atoms with Crippen molar-refractivity contribution in [1.82, 2.24) is 34.8 Å². The number of pyridine rings is 1. The molecule has 2 amide bonds. The molecule has 2 aliphatic heterocycles. The van der Waals surface area contributed by atoms with E-state index in [9.17, 15) is 14.7 Å². The summed E-state index contributed by atoms with van der Waals surface area (Å²) in [5.74, 6) is -0.0903. The number of fused-ring (bicyclic) bond motifs is 1. The van der Waals surface area contributed by atoms with Crippen molar-refractivity contribution >= 4 is 34.3 Å². The summed E-state index contributed by atoms with van der Waals surface area (Å²) in [5.41, 5.74) is 2.93. The molecule has 2 aromatic heterocycles. The normalized spacial score (nSPS) is 20.9. The number of nitrogens with zero attached hydrogens (tertiary/aromatic N) is 6. The number of likely N-dealkylation sites (N-methyl/N-ethyl adjacent to an activating group) is 1. The van der Waals surface area contributed by atoms with E-state index in [0.717, 1.165) is 54.4 Å². The first-order chi connectivity index (χ1) is 20.2. The van der Waals surface area contributed by atoms with Crippen LogP contribution in [0.5, 0.6) is 0 Å². The number of carbonyl (C=O) groups excluding carboxylic acids is 2. The van der Waals surface area contributed by atoms with Crippen LogP contribution in [0.15, 0.2) is 42.7 Å². The standard InChI is InChI=1S/C31H42ClN7O3/c1-36(2)26(10-11-28(40)38-13-4-5-14-38)31(42)39-20-23(15-21-7-6-12-33-18-21)17-27(39)30(41)34-19-22-8-9-25-24(16-22)29(32)35-37(25)3/h6-9,12,16,18,23,26-28,40H,4-5,10-11,13-15,17,19-20H2,1-3H3,(H,34,41). The van der Waals surface area contributed by atoms with Crippen LogP contribution < -0.4 is 5.32 Å². The number of nitrogens with one attached hydrogen (secondary N) is 1. The van der Waals surface area contributed by atoms with Crippen molar-refractivity contribution < 1.29 is 14.7 Å². The number of likely N-dealkylation sites (tertiary alicyclic amines) is 2. The van der Waals surface area contributed by atoms with Gasteiger partial charge in [-0.05, 0) is 87.9 Å². The second kappa shape index (κ2) is 13.5. The molecule has 3 aromatic rings. The molecule has 5 rings (SSSR count). The Hall–Kier alpha value is -3.05. The van der Waals surface area contributed by atoms with Crippen molar-refractivity contribution in [1.29, 1.82) is 0 Å². The van der Waals surface area contributed by atoms with E-state index in [0.29, 0.717) is 37.5 Å². The maximum Gasteiger partial charge on any atom is 0.243 e. The molecular formula is C31H42ClN7O3. The summed E-state index contributed by atoms with van der Waals surface area (Å²) < 4.78 is 1.73. The van der Waals surface area contributed by atoms with Crippen LogP contribution in [0.1, 0.15) is 43.2 Å². The Balaban J connectivity index is 1.29. The second-order valence-corrected chi connectivity index (χ2v) is 12.3. The number of aryl methyl sites for hydroxylation is 1. The highest BCUT2D eigenvalue weighted by Gasteiger charge is 2.42.